The molecule has 2 saturated heterocycles. The second-order valence-electron chi connectivity index (χ2n) is 6.01. The van der Waals surface area contributed by atoms with Gasteiger partial charge in [0.15, 0.2) is 0 Å². The number of likely N-dealkylation sites (tertiary alicyclic amines) is 1. The fraction of sp³-hybridized carbons (Fsp3) is 0.471. The summed E-state index contributed by atoms with van der Waals surface area (Å²) in [5, 5.41) is 8.94. The van der Waals surface area contributed by atoms with Crippen LogP contribution in [0.5, 0.6) is 0 Å². The van der Waals surface area contributed by atoms with Crippen molar-refractivity contribution < 1.29 is 9.59 Å². The fourth-order valence-electron chi connectivity index (χ4n) is 3.27. The highest BCUT2D eigenvalue weighted by molar-refractivity contribution is 9.10. The van der Waals surface area contributed by atoms with Gasteiger partial charge in [-0.2, -0.15) is 5.26 Å². The number of carbonyl (C=O) groups excluding carboxylic acids is 2. The Morgan fingerprint density at radius 1 is 1.17 bits per heavy atom. The van der Waals surface area contributed by atoms with Gasteiger partial charge >= 0.3 is 0 Å². The molecule has 1 unspecified atom stereocenters. The molecule has 0 aliphatic carbocycles. The standard InChI is InChI=1S/C17H18BrN3O2/c18-14-3-1-2-4-15(14)21-10-7-13(17(21)23)16(22)20-8-5-12(11-19)6-9-20/h1-4,12-13H,5-10H2. The predicted molar refractivity (Wildman–Crippen MR) is 89.5 cm³/mol. The molecule has 3 rings (SSSR count). The zero-order valence-corrected chi connectivity index (χ0v) is 14.3. The molecule has 6 heteroatoms. The number of nitriles is 1. The van der Waals surface area contributed by atoms with E-state index < -0.39 is 5.92 Å². The van der Waals surface area contributed by atoms with E-state index in [4.69, 9.17) is 5.26 Å². The van der Waals surface area contributed by atoms with Crippen LogP contribution in [0, 0.1) is 23.2 Å². The zero-order chi connectivity index (χ0) is 16.4. The monoisotopic (exact) mass is 375 g/mol. The lowest BCUT2D eigenvalue weighted by molar-refractivity contribution is -0.140. The normalized spacial score (nSPS) is 22.3. The van der Waals surface area contributed by atoms with Gasteiger partial charge in [-0.15, -0.1) is 0 Å². The van der Waals surface area contributed by atoms with Crippen LogP contribution < -0.4 is 4.90 Å². The largest absolute Gasteiger partial charge is 0.342 e. The third-order valence-corrected chi connectivity index (χ3v) is 5.31. The minimum Gasteiger partial charge on any atom is -0.342 e. The van der Waals surface area contributed by atoms with Gasteiger partial charge in [0.1, 0.15) is 5.92 Å². The van der Waals surface area contributed by atoms with Crippen LogP contribution in [0.2, 0.25) is 0 Å². The highest BCUT2D eigenvalue weighted by Crippen LogP contribution is 2.32. The Bertz CT molecular complexity index is 662. The van der Waals surface area contributed by atoms with E-state index in [0.29, 0.717) is 38.9 Å². The third kappa shape index (κ3) is 3.11. The summed E-state index contributed by atoms with van der Waals surface area (Å²) in [5.74, 6) is -0.749. The minimum absolute atomic E-state index is 0.0371. The highest BCUT2D eigenvalue weighted by Gasteiger charge is 2.40. The van der Waals surface area contributed by atoms with Gasteiger partial charge in [0.05, 0.1) is 11.8 Å². The minimum atomic E-state index is -0.583. The van der Waals surface area contributed by atoms with Crippen molar-refractivity contribution in [3.63, 3.8) is 0 Å². The molecule has 0 bridgehead atoms. The quantitative estimate of drug-likeness (QED) is 0.746. The lowest BCUT2D eigenvalue weighted by Crippen LogP contribution is -2.44. The van der Waals surface area contributed by atoms with Crippen molar-refractivity contribution in [2.75, 3.05) is 24.5 Å². The summed E-state index contributed by atoms with van der Waals surface area (Å²) in [6.45, 7) is 1.72. The van der Waals surface area contributed by atoms with Gasteiger partial charge in [0.2, 0.25) is 11.8 Å². The van der Waals surface area contributed by atoms with Gasteiger partial charge in [-0.25, -0.2) is 0 Å². The number of para-hydroxylation sites is 1. The van der Waals surface area contributed by atoms with Crippen LogP contribution in [0.1, 0.15) is 19.3 Å². The molecule has 1 aromatic rings. The van der Waals surface area contributed by atoms with E-state index in [1.807, 2.05) is 24.3 Å². The fourth-order valence-corrected chi connectivity index (χ4v) is 3.77. The summed E-state index contributed by atoms with van der Waals surface area (Å²) in [4.78, 5) is 28.8. The van der Waals surface area contributed by atoms with E-state index in [2.05, 4.69) is 22.0 Å². The average Bonchev–Trinajstić information content (AvgIpc) is 2.96. The maximum Gasteiger partial charge on any atom is 0.239 e. The van der Waals surface area contributed by atoms with Gasteiger partial charge < -0.3 is 9.80 Å². The number of amides is 2. The Hall–Kier alpha value is -1.87. The molecule has 0 saturated carbocycles. The van der Waals surface area contributed by atoms with Crippen LogP contribution in [-0.2, 0) is 9.59 Å². The number of rotatable bonds is 2. The Balaban J connectivity index is 1.69. The van der Waals surface area contributed by atoms with Crippen molar-refractivity contribution >= 4 is 33.4 Å². The van der Waals surface area contributed by atoms with Gasteiger partial charge in [-0.3, -0.25) is 9.59 Å². The Morgan fingerprint density at radius 3 is 2.52 bits per heavy atom. The summed E-state index contributed by atoms with van der Waals surface area (Å²) in [5.41, 5.74) is 0.816. The smallest absolute Gasteiger partial charge is 0.239 e. The van der Waals surface area contributed by atoms with Crippen molar-refractivity contribution in [3.05, 3.63) is 28.7 Å². The molecule has 23 heavy (non-hydrogen) atoms. The lowest BCUT2D eigenvalue weighted by Gasteiger charge is -2.30. The topological polar surface area (TPSA) is 64.4 Å². The molecule has 0 spiro atoms. The first-order valence-electron chi connectivity index (χ1n) is 7.86. The molecule has 0 radical (unpaired) electrons. The Morgan fingerprint density at radius 2 is 1.87 bits per heavy atom. The summed E-state index contributed by atoms with van der Waals surface area (Å²) < 4.78 is 0.858. The molecule has 2 aliphatic rings. The number of benzene rings is 1. The molecule has 2 fully saturated rings. The van der Waals surface area contributed by atoms with Crippen molar-refractivity contribution in [1.29, 1.82) is 5.26 Å². The SMILES string of the molecule is N#CC1CCN(C(=O)C2CCN(c3ccccc3Br)C2=O)CC1. The molecule has 120 valence electrons. The molecule has 1 aromatic carbocycles. The molecule has 2 aliphatic heterocycles. The van der Waals surface area contributed by atoms with Crippen LogP contribution in [0.15, 0.2) is 28.7 Å². The van der Waals surface area contributed by atoms with Crippen LogP contribution in [0.3, 0.4) is 0 Å². The molecular formula is C17H18BrN3O2. The lowest BCUT2D eigenvalue weighted by atomic mass is 9.97. The first kappa shape index (κ1) is 16.0. The molecule has 1 atom stereocenters. The second kappa shape index (κ2) is 6.71. The van der Waals surface area contributed by atoms with Crippen LogP contribution in [0.25, 0.3) is 0 Å². The summed E-state index contributed by atoms with van der Waals surface area (Å²) in [7, 11) is 0. The maximum absolute atomic E-state index is 12.7. The molecule has 2 amide bonds. The van der Waals surface area contributed by atoms with Crippen LogP contribution in [0.4, 0.5) is 5.69 Å². The molecule has 0 aromatic heterocycles. The van der Waals surface area contributed by atoms with E-state index in [9.17, 15) is 9.59 Å². The maximum atomic E-state index is 12.7. The van der Waals surface area contributed by atoms with Gasteiger partial charge in [-0.1, -0.05) is 12.1 Å². The van der Waals surface area contributed by atoms with Crippen molar-refractivity contribution in [1.82, 2.24) is 4.90 Å². The van der Waals surface area contributed by atoms with E-state index >= 15 is 0 Å². The van der Waals surface area contributed by atoms with Gasteiger partial charge in [0.25, 0.3) is 0 Å². The summed E-state index contributed by atoms with van der Waals surface area (Å²) in [6, 6.07) is 9.82. The average molecular weight is 376 g/mol. The Kier molecular flexibility index (Phi) is 4.67. The van der Waals surface area contributed by atoms with E-state index in [1.54, 1.807) is 9.80 Å². The number of hydrogen-bond acceptors (Lipinski definition) is 3. The van der Waals surface area contributed by atoms with E-state index in [-0.39, 0.29) is 17.7 Å². The number of halogens is 1. The zero-order valence-electron chi connectivity index (χ0n) is 12.7. The molecular weight excluding hydrogens is 358 g/mol. The number of anilines is 1. The molecule has 2 heterocycles. The predicted octanol–water partition coefficient (Wildman–Crippen LogP) is 2.56. The van der Waals surface area contributed by atoms with Crippen LogP contribution in [-0.4, -0.2) is 36.3 Å². The second-order valence-corrected chi connectivity index (χ2v) is 6.87. The van der Waals surface area contributed by atoms with Gasteiger partial charge in [-0.05, 0) is 47.3 Å². The van der Waals surface area contributed by atoms with Gasteiger partial charge in [0, 0.05) is 30.0 Å². The van der Waals surface area contributed by atoms with E-state index in [0.717, 1.165) is 10.2 Å². The highest BCUT2D eigenvalue weighted by atomic mass is 79.9. The number of carbonyl (C=O) groups is 2. The van der Waals surface area contributed by atoms with Crippen molar-refractivity contribution in [2.24, 2.45) is 11.8 Å². The number of piperidine rings is 1. The van der Waals surface area contributed by atoms with Crippen LogP contribution >= 0.6 is 15.9 Å². The van der Waals surface area contributed by atoms with Crippen molar-refractivity contribution in [3.8, 4) is 6.07 Å². The third-order valence-electron chi connectivity index (χ3n) is 4.64. The summed E-state index contributed by atoms with van der Waals surface area (Å²) in [6.07, 6.45) is 1.96. The Labute approximate surface area is 144 Å². The van der Waals surface area contributed by atoms with Crippen molar-refractivity contribution in [2.45, 2.75) is 19.3 Å². The van der Waals surface area contributed by atoms with E-state index in [1.165, 1.54) is 0 Å². The molecule has 5 nitrogen and oxygen atoms in total. The summed E-state index contributed by atoms with van der Waals surface area (Å²) >= 11 is 3.46. The number of nitrogens with zero attached hydrogens (tertiary/aromatic N) is 3. The molecule has 0 N–H and O–H groups in total. The number of hydrogen-bond donors (Lipinski definition) is 0. The first-order chi connectivity index (χ1) is 11.1. The first-order valence-corrected chi connectivity index (χ1v) is 8.65.